The molecule has 1 rings (SSSR count). The molecule has 0 unspecified atom stereocenters. The van der Waals surface area contributed by atoms with Crippen LogP contribution < -0.4 is 10.1 Å². The molecule has 0 radical (unpaired) electrons. The maximum absolute atomic E-state index is 11.7. The summed E-state index contributed by atoms with van der Waals surface area (Å²) in [4.78, 5) is 11.7. The average molecular weight is 235 g/mol. The zero-order chi connectivity index (χ0) is 12.7. The van der Waals surface area contributed by atoms with Gasteiger partial charge >= 0.3 is 0 Å². The van der Waals surface area contributed by atoms with Crippen molar-refractivity contribution in [3.8, 4) is 5.75 Å². The van der Waals surface area contributed by atoms with Crippen molar-refractivity contribution in [2.24, 2.45) is 0 Å². The lowest BCUT2D eigenvalue weighted by molar-refractivity contribution is -0.116. The molecule has 0 spiro atoms. The molecule has 0 aliphatic heterocycles. The molecule has 1 amide bonds. The Bertz CT molecular complexity index is 374. The smallest absolute Gasteiger partial charge is 0.224 e. The fourth-order valence-corrected chi connectivity index (χ4v) is 1.61. The van der Waals surface area contributed by atoms with Gasteiger partial charge in [0, 0.05) is 18.2 Å². The molecule has 1 aromatic rings. The van der Waals surface area contributed by atoms with Gasteiger partial charge in [-0.05, 0) is 25.0 Å². The van der Waals surface area contributed by atoms with Crippen LogP contribution in [0.5, 0.6) is 5.75 Å². The number of ether oxygens (including phenoxy) is 1. The number of anilines is 1. The number of rotatable bonds is 6. The molecule has 0 heterocycles. The molecule has 0 fully saturated rings. The molecule has 0 bridgehead atoms. The lowest BCUT2D eigenvalue weighted by atomic mass is 10.1. The Morgan fingerprint density at radius 2 is 2.12 bits per heavy atom. The van der Waals surface area contributed by atoms with Gasteiger partial charge in [-0.2, -0.15) is 0 Å². The molecular formula is C14H21NO2. The number of hydrogen-bond acceptors (Lipinski definition) is 2. The van der Waals surface area contributed by atoms with Crippen LogP contribution in [-0.2, 0) is 4.79 Å². The van der Waals surface area contributed by atoms with E-state index >= 15 is 0 Å². The number of hydrogen-bond donors (Lipinski definition) is 1. The van der Waals surface area contributed by atoms with Gasteiger partial charge in [-0.15, -0.1) is 0 Å². The van der Waals surface area contributed by atoms with Crippen LogP contribution in [0.2, 0.25) is 0 Å². The van der Waals surface area contributed by atoms with Crippen molar-refractivity contribution in [1.82, 2.24) is 0 Å². The van der Waals surface area contributed by atoms with E-state index < -0.39 is 0 Å². The molecule has 0 aliphatic rings. The van der Waals surface area contributed by atoms with Crippen LogP contribution >= 0.6 is 0 Å². The Hall–Kier alpha value is -1.51. The second-order valence-electron chi connectivity index (χ2n) is 4.19. The minimum Gasteiger partial charge on any atom is -0.497 e. The molecule has 94 valence electrons. The number of nitrogens with one attached hydrogen (secondary N) is 1. The van der Waals surface area contributed by atoms with Crippen molar-refractivity contribution >= 4 is 11.6 Å². The average Bonchev–Trinajstić information content (AvgIpc) is 2.32. The molecule has 0 atom stereocenters. The largest absolute Gasteiger partial charge is 0.497 e. The summed E-state index contributed by atoms with van der Waals surface area (Å²) < 4.78 is 5.14. The van der Waals surface area contributed by atoms with Crippen molar-refractivity contribution in [2.45, 2.75) is 39.5 Å². The van der Waals surface area contributed by atoms with Gasteiger partial charge in [-0.1, -0.05) is 25.8 Å². The number of aryl methyl sites for hydroxylation is 1. The molecule has 0 aromatic heterocycles. The normalized spacial score (nSPS) is 10.1. The molecule has 0 saturated carbocycles. The molecule has 3 nitrogen and oxygen atoms in total. The van der Waals surface area contributed by atoms with E-state index in [9.17, 15) is 4.79 Å². The van der Waals surface area contributed by atoms with Crippen LogP contribution in [-0.4, -0.2) is 13.0 Å². The third-order valence-electron chi connectivity index (χ3n) is 2.73. The SMILES string of the molecule is CCCCCC(=O)Nc1cc(OC)ccc1C. The fraction of sp³-hybridized carbons (Fsp3) is 0.500. The predicted molar refractivity (Wildman–Crippen MR) is 70.5 cm³/mol. The van der Waals surface area contributed by atoms with Crippen LogP contribution in [0, 0.1) is 6.92 Å². The first kappa shape index (κ1) is 13.6. The maximum atomic E-state index is 11.7. The van der Waals surface area contributed by atoms with Crippen molar-refractivity contribution in [3.05, 3.63) is 23.8 Å². The van der Waals surface area contributed by atoms with Crippen LogP contribution in [0.3, 0.4) is 0 Å². The maximum Gasteiger partial charge on any atom is 0.224 e. The molecular weight excluding hydrogens is 214 g/mol. The lowest BCUT2D eigenvalue weighted by Gasteiger charge is -2.10. The molecule has 0 saturated heterocycles. The second-order valence-corrected chi connectivity index (χ2v) is 4.19. The molecule has 0 aliphatic carbocycles. The van der Waals surface area contributed by atoms with E-state index in [1.54, 1.807) is 7.11 Å². The zero-order valence-electron chi connectivity index (χ0n) is 10.9. The Morgan fingerprint density at radius 1 is 1.35 bits per heavy atom. The van der Waals surface area contributed by atoms with Gasteiger partial charge in [0.2, 0.25) is 5.91 Å². The first-order chi connectivity index (χ1) is 8.17. The molecule has 3 heteroatoms. The van der Waals surface area contributed by atoms with Crippen molar-refractivity contribution in [3.63, 3.8) is 0 Å². The summed E-state index contributed by atoms with van der Waals surface area (Å²) in [6, 6.07) is 5.69. The first-order valence-corrected chi connectivity index (χ1v) is 6.12. The van der Waals surface area contributed by atoms with E-state index in [2.05, 4.69) is 12.2 Å². The number of benzene rings is 1. The van der Waals surface area contributed by atoms with Crippen LogP contribution in [0.25, 0.3) is 0 Å². The highest BCUT2D eigenvalue weighted by Crippen LogP contribution is 2.21. The Kier molecular flexibility index (Phi) is 5.53. The molecule has 17 heavy (non-hydrogen) atoms. The number of amides is 1. The van der Waals surface area contributed by atoms with E-state index in [0.29, 0.717) is 6.42 Å². The van der Waals surface area contributed by atoms with Gasteiger partial charge in [0.25, 0.3) is 0 Å². The number of unbranched alkanes of at least 4 members (excludes halogenated alkanes) is 2. The fourth-order valence-electron chi connectivity index (χ4n) is 1.61. The quantitative estimate of drug-likeness (QED) is 0.766. The van der Waals surface area contributed by atoms with Crippen molar-refractivity contribution in [2.75, 3.05) is 12.4 Å². The van der Waals surface area contributed by atoms with Crippen molar-refractivity contribution < 1.29 is 9.53 Å². The van der Waals surface area contributed by atoms with Crippen LogP contribution in [0.1, 0.15) is 38.2 Å². The summed E-state index contributed by atoms with van der Waals surface area (Å²) in [5.74, 6) is 0.842. The van der Waals surface area contributed by atoms with Crippen LogP contribution in [0.4, 0.5) is 5.69 Å². The molecule has 1 N–H and O–H groups in total. The van der Waals surface area contributed by atoms with Gasteiger partial charge in [-0.3, -0.25) is 4.79 Å². The minimum absolute atomic E-state index is 0.0785. The van der Waals surface area contributed by atoms with E-state index in [4.69, 9.17) is 4.74 Å². The summed E-state index contributed by atoms with van der Waals surface area (Å²) in [6.45, 7) is 4.10. The second kappa shape index (κ2) is 6.94. The van der Waals surface area contributed by atoms with Gasteiger partial charge in [0.05, 0.1) is 7.11 Å². The zero-order valence-corrected chi connectivity index (χ0v) is 10.9. The Labute approximate surface area is 103 Å². The monoisotopic (exact) mass is 235 g/mol. The van der Waals surface area contributed by atoms with Crippen molar-refractivity contribution in [1.29, 1.82) is 0 Å². The van der Waals surface area contributed by atoms with Gasteiger partial charge in [0.15, 0.2) is 0 Å². The van der Waals surface area contributed by atoms with E-state index in [0.717, 1.165) is 36.3 Å². The summed E-state index contributed by atoms with van der Waals surface area (Å²) in [7, 11) is 1.62. The highest BCUT2D eigenvalue weighted by Gasteiger charge is 2.05. The number of methoxy groups -OCH3 is 1. The highest BCUT2D eigenvalue weighted by atomic mass is 16.5. The van der Waals surface area contributed by atoms with E-state index in [-0.39, 0.29) is 5.91 Å². The third-order valence-corrected chi connectivity index (χ3v) is 2.73. The first-order valence-electron chi connectivity index (χ1n) is 6.12. The van der Waals surface area contributed by atoms with E-state index in [1.165, 1.54) is 0 Å². The third kappa shape index (κ3) is 4.47. The predicted octanol–water partition coefficient (Wildman–Crippen LogP) is 3.52. The van der Waals surface area contributed by atoms with Gasteiger partial charge in [0.1, 0.15) is 5.75 Å². The summed E-state index contributed by atoms with van der Waals surface area (Å²) in [5, 5.41) is 2.92. The summed E-state index contributed by atoms with van der Waals surface area (Å²) in [5.41, 5.74) is 1.89. The minimum atomic E-state index is 0.0785. The highest BCUT2D eigenvalue weighted by molar-refractivity contribution is 5.91. The Balaban J connectivity index is 2.57. The summed E-state index contributed by atoms with van der Waals surface area (Å²) in [6.07, 6.45) is 3.77. The van der Waals surface area contributed by atoms with E-state index in [1.807, 2.05) is 25.1 Å². The van der Waals surface area contributed by atoms with Gasteiger partial charge < -0.3 is 10.1 Å². The number of carbonyl (C=O) groups is 1. The van der Waals surface area contributed by atoms with Crippen LogP contribution in [0.15, 0.2) is 18.2 Å². The van der Waals surface area contributed by atoms with Gasteiger partial charge in [-0.25, -0.2) is 0 Å². The topological polar surface area (TPSA) is 38.3 Å². The number of carbonyl (C=O) groups excluding carboxylic acids is 1. The molecule has 1 aromatic carbocycles. The summed E-state index contributed by atoms with van der Waals surface area (Å²) >= 11 is 0. The Morgan fingerprint density at radius 3 is 2.76 bits per heavy atom. The standard InChI is InChI=1S/C14H21NO2/c1-4-5-6-7-14(16)15-13-10-12(17-3)9-8-11(13)2/h8-10H,4-7H2,1-3H3,(H,15,16). The lowest BCUT2D eigenvalue weighted by Crippen LogP contribution is -2.12.